The molecule has 0 spiro atoms. The van der Waals surface area contributed by atoms with Crippen LogP contribution in [0.1, 0.15) is 6.23 Å². The first kappa shape index (κ1) is 23.1. The van der Waals surface area contributed by atoms with Crippen molar-refractivity contribution >= 4 is 16.9 Å². The maximum Gasteiger partial charge on any atom is 0.184 e. The number of nitrogens with two attached hydrogens (primary N) is 1. The summed E-state index contributed by atoms with van der Waals surface area (Å²) in [5.41, 5.74) is 10.1. The molecule has 0 amide bonds. The average molecular weight is 498 g/mol. The van der Waals surface area contributed by atoms with Gasteiger partial charge in [-0.15, -0.1) is 10.2 Å². The Balaban J connectivity index is 1.55. The maximum atomic E-state index is 10.7. The van der Waals surface area contributed by atoms with Crippen molar-refractivity contribution < 1.29 is 20.1 Å². The summed E-state index contributed by atoms with van der Waals surface area (Å²) in [5, 5.41) is 39.9. The first-order valence-corrected chi connectivity index (χ1v) is 11.7. The lowest BCUT2D eigenvalue weighted by Gasteiger charge is -2.17. The standard InChI is InChI=1S/C26H23N7O4/c27-23-18-16(11-33(25(18)29-13-28-23)26-22(36)21(35)17(12-34)37-26)24-30-19(14-7-3-1-4-8-14)20(31-32-24)15-9-5-2-6-10-15/h1-11,13,17,21-22,26,34-36H,12H2,(H2,27,28,29). The molecule has 1 saturated heterocycles. The molecule has 0 bridgehead atoms. The smallest absolute Gasteiger partial charge is 0.184 e. The lowest BCUT2D eigenvalue weighted by molar-refractivity contribution is -0.0508. The van der Waals surface area contributed by atoms with Gasteiger partial charge < -0.3 is 30.4 Å². The molecule has 6 rings (SSSR count). The van der Waals surface area contributed by atoms with E-state index in [0.29, 0.717) is 28.0 Å². The zero-order valence-electron chi connectivity index (χ0n) is 19.5. The summed E-state index contributed by atoms with van der Waals surface area (Å²) in [4.78, 5) is 13.4. The van der Waals surface area contributed by atoms with Crippen molar-refractivity contribution in [1.29, 1.82) is 0 Å². The zero-order valence-corrected chi connectivity index (χ0v) is 19.5. The number of hydrogen-bond acceptors (Lipinski definition) is 10. The zero-order chi connectivity index (χ0) is 25.5. The fraction of sp³-hybridized carbons (Fsp3) is 0.192. The highest BCUT2D eigenvalue weighted by Crippen LogP contribution is 2.38. The summed E-state index contributed by atoms with van der Waals surface area (Å²) in [7, 11) is 0. The number of nitrogens with zero attached hydrogens (tertiary/aromatic N) is 6. The van der Waals surface area contributed by atoms with Crippen LogP contribution in [0, 0.1) is 0 Å². The molecule has 11 nitrogen and oxygen atoms in total. The Bertz CT molecular complexity index is 1560. The highest BCUT2D eigenvalue weighted by atomic mass is 16.6. The van der Waals surface area contributed by atoms with Gasteiger partial charge in [-0.05, 0) is 0 Å². The van der Waals surface area contributed by atoms with Crippen LogP contribution >= 0.6 is 0 Å². The number of hydrogen-bond donors (Lipinski definition) is 4. The van der Waals surface area contributed by atoms with E-state index in [-0.39, 0.29) is 11.6 Å². The van der Waals surface area contributed by atoms with Crippen LogP contribution in [0.2, 0.25) is 0 Å². The molecule has 4 heterocycles. The van der Waals surface area contributed by atoms with Crippen molar-refractivity contribution in [3.63, 3.8) is 0 Å². The van der Waals surface area contributed by atoms with Crippen LogP contribution in [-0.2, 0) is 4.74 Å². The highest BCUT2D eigenvalue weighted by molar-refractivity contribution is 5.99. The summed E-state index contributed by atoms with van der Waals surface area (Å²) in [6.07, 6.45) is -1.62. The van der Waals surface area contributed by atoms with Crippen molar-refractivity contribution in [3.8, 4) is 33.9 Å². The van der Waals surface area contributed by atoms with Gasteiger partial charge in [0.05, 0.1) is 17.6 Å². The Hall–Kier alpha value is -4.29. The third kappa shape index (κ3) is 3.90. The molecule has 5 N–H and O–H groups in total. The van der Waals surface area contributed by atoms with Gasteiger partial charge in [-0.3, -0.25) is 0 Å². The van der Waals surface area contributed by atoms with Gasteiger partial charge in [0.2, 0.25) is 0 Å². The van der Waals surface area contributed by atoms with E-state index in [1.54, 1.807) is 10.8 Å². The van der Waals surface area contributed by atoms with E-state index < -0.39 is 31.1 Å². The molecule has 186 valence electrons. The molecule has 37 heavy (non-hydrogen) atoms. The van der Waals surface area contributed by atoms with Gasteiger partial charge >= 0.3 is 0 Å². The van der Waals surface area contributed by atoms with Gasteiger partial charge in [0, 0.05) is 17.3 Å². The predicted molar refractivity (Wildman–Crippen MR) is 135 cm³/mol. The summed E-state index contributed by atoms with van der Waals surface area (Å²) in [6, 6.07) is 19.3. The topological polar surface area (TPSA) is 165 Å². The molecular weight excluding hydrogens is 474 g/mol. The molecule has 3 aromatic heterocycles. The van der Waals surface area contributed by atoms with Crippen molar-refractivity contribution in [2.75, 3.05) is 12.3 Å². The molecule has 1 aliphatic rings. The van der Waals surface area contributed by atoms with E-state index in [1.807, 2.05) is 60.7 Å². The number of aromatic nitrogens is 6. The van der Waals surface area contributed by atoms with Crippen LogP contribution < -0.4 is 5.73 Å². The molecule has 2 aromatic carbocycles. The SMILES string of the molecule is Nc1ncnc2c1c(-c1nnc(-c3ccccc3)c(-c3ccccc3)n1)cn2C1OC(CO)C(O)C1O. The molecule has 11 heteroatoms. The number of benzene rings is 2. The molecule has 0 aliphatic carbocycles. The van der Waals surface area contributed by atoms with Gasteiger partial charge in [0.25, 0.3) is 0 Å². The Morgan fingerprint density at radius 3 is 2.19 bits per heavy atom. The maximum absolute atomic E-state index is 10.7. The van der Waals surface area contributed by atoms with Gasteiger partial charge in [0.1, 0.15) is 47.5 Å². The van der Waals surface area contributed by atoms with E-state index in [1.165, 1.54) is 6.33 Å². The third-order valence-electron chi connectivity index (χ3n) is 6.45. The number of aliphatic hydroxyl groups is 3. The monoisotopic (exact) mass is 497 g/mol. The van der Waals surface area contributed by atoms with Gasteiger partial charge in [-0.1, -0.05) is 60.7 Å². The Labute approximate surface area is 210 Å². The first-order valence-electron chi connectivity index (χ1n) is 11.7. The van der Waals surface area contributed by atoms with E-state index in [9.17, 15) is 15.3 Å². The van der Waals surface area contributed by atoms with Gasteiger partial charge in [-0.25, -0.2) is 15.0 Å². The van der Waals surface area contributed by atoms with Crippen molar-refractivity contribution in [1.82, 2.24) is 29.7 Å². The molecule has 4 unspecified atom stereocenters. The van der Waals surface area contributed by atoms with E-state index >= 15 is 0 Å². The molecule has 1 aliphatic heterocycles. The fourth-order valence-corrected chi connectivity index (χ4v) is 4.61. The third-order valence-corrected chi connectivity index (χ3v) is 6.45. The number of nitrogen functional groups attached to an aromatic ring is 1. The predicted octanol–water partition coefficient (Wildman–Crippen LogP) is 1.81. The van der Waals surface area contributed by atoms with Crippen LogP contribution in [0.4, 0.5) is 5.82 Å². The molecule has 1 fully saturated rings. The molecular formula is C26H23N7O4. The summed E-state index contributed by atoms with van der Waals surface area (Å²) < 4.78 is 7.29. The summed E-state index contributed by atoms with van der Waals surface area (Å²) in [5.74, 6) is 0.456. The largest absolute Gasteiger partial charge is 0.394 e. The molecule has 0 saturated carbocycles. The minimum atomic E-state index is -1.31. The van der Waals surface area contributed by atoms with Crippen molar-refractivity contribution in [3.05, 3.63) is 73.2 Å². The van der Waals surface area contributed by atoms with Gasteiger partial charge in [0.15, 0.2) is 12.1 Å². The first-order chi connectivity index (χ1) is 18.1. The molecule has 4 atom stereocenters. The average Bonchev–Trinajstić information content (AvgIpc) is 3.47. The second-order valence-corrected chi connectivity index (χ2v) is 8.70. The molecule has 5 aromatic rings. The van der Waals surface area contributed by atoms with Crippen LogP contribution in [0.5, 0.6) is 0 Å². The van der Waals surface area contributed by atoms with Crippen LogP contribution in [-0.4, -0.2) is 70.0 Å². The fourth-order valence-electron chi connectivity index (χ4n) is 4.61. The number of anilines is 1. The number of aliphatic hydroxyl groups excluding tert-OH is 3. The second-order valence-electron chi connectivity index (χ2n) is 8.70. The Morgan fingerprint density at radius 1 is 0.865 bits per heavy atom. The summed E-state index contributed by atoms with van der Waals surface area (Å²) >= 11 is 0. The lowest BCUT2D eigenvalue weighted by Crippen LogP contribution is -2.33. The van der Waals surface area contributed by atoms with E-state index in [0.717, 1.165) is 11.1 Å². The Morgan fingerprint density at radius 2 is 1.54 bits per heavy atom. The van der Waals surface area contributed by atoms with Crippen LogP contribution in [0.25, 0.3) is 44.9 Å². The van der Waals surface area contributed by atoms with Crippen molar-refractivity contribution in [2.45, 2.75) is 24.5 Å². The molecule has 0 radical (unpaired) electrons. The van der Waals surface area contributed by atoms with Crippen LogP contribution in [0.15, 0.2) is 73.2 Å². The van der Waals surface area contributed by atoms with Crippen LogP contribution in [0.3, 0.4) is 0 Å². The van der Waals surface area contributed by atoms with Crippen molar-refractivity contribution in [2.24, 2.45) is 0 Å². The number of fused-ring (bicyclic) bond motifs is 1. The second kappa shape index (κ2) is 9.30. The number of ether oxygens (including phenoxy) is 1. The number of rotatable bonds is 5. The minimum Gasteiger partial charge on any atom is -0.394 e. The quantitative estimate of drug-likeness (QED) is 0.281. The van der Waals surface area contributed by atoms with E-state index in [2.05, 4.69) is 20.2 Å². The minimum absolute atomic E-state index is 0.183. The Kier molecular flexibility index (Phi) is 5.81. The highest BCUT2D eigenvalue weighted by Gasteiger charge is 2.44. The normalized spacial score (nSPS) is 21.5. The van der Waals surface area contributed by atoms with Gasteiger partial charge in [-0.2, -0.15) is 0 Å². The summed E-state index contributed by atoms with van der Waals surface area (Å²) in [6.45, 7) is -0.452. The van der Waals surface area contributed by atoms with E-state index in [4.69, 9.17) is 15.5 Å². The lowest BCUT2D eigenvalue weighted by atomic mass is 10.0.